The molecule has 1 heterocycles. The Morgan fingerprint density at radius 2 is 2.12 bits per heavy atom. The van der Waals surface area contributed by atoms with Gasteiger partial charge in [-0.25, -0.2) is 4.98 Å². The van der Waals surface area contributed by atoms with Gasteiger partial charge in [0.05, 0.1) is 6.61 Å². The summed E-state index contributed by atoms with van der Waals surface area (Å²) in [5, 5.41) is 0. The summed E-state index contributed by atoms with van der Waals surface area (Å²) in [6.07, 6.45) is 0.928. The molecule has 0 aromatic carbocycles. The van der Waals surface area contributed by atoms with Crippen molar-refractivity contribution in [3.63, 3.8) is 0 Å². The molecule has 0 N–H and O–H groups in total. The molecule has 0 aliphatic carbocycles. The van der Waals surface area contributed by atoms with E-state index in [9.17, 15) is 0 Å². The SMILES string of the molecule is CCOCCN(C)c1cc(CCl)cc(CC)n1. The van der Waals surface area contributed by atoms with Gasteiger partial charge in [0, 0.05) is 31.8 Å². The number of hydrogen-bond donors (Lipinski definition) is 0. The molecule has 0 spiro atoms. The number of anilines is 1. The average molecular weight is 257 g/mol. The van der Waals surface area contributed by atoms with E-state index in [0.717, 1.165) is 43.3 Å². The third kappa shape index (κ3) is 4.52. The van der Waals surface area contributed by atoms with Gasteiger partial charge in [-0.15, -0.1) is 11.6 Å². The van der Waals surface area contributed by atoms with E-state index >= 15 is 0 Å². The second kappa shape index (κ2) is 7.51. The van der Waals surface area contributed by atoms with Crippen molar-refractivity contribution in [3.8, 4) is 0 Å². The molecule has 0 aliphatic heterocycles. The number of nitrogens with zero attached hydrogens (tertiary/aromatic N) is 2. The Labute approximate surface area is 109 Å². The number of aryl methyl sites for hydroxylation is 1. The lowest BCUT2D eigenvalue weighted by Gasteiger charge is -2.19. The summed E-state index contributed by atoms with van der Waals surface area (Å²) in [6, 6.07) is 4.10. The zero-order valence-corrected chi connectivity index (χ0v) is 11.6. The normalized spacial score (nSPS) is 10.6. The Kier molecular flexibility index (Phi) is 6.30. The predicted molar refractivity (Wildman–Crippen MR) is 72.9 cm³/mol. The van der Waals surface area contributed by atoms with E-state index in [1.54, 1.807) is 0 Å². The first-order chi connectivity index (χ1) is 8.21. The van der Waals surface area contributed by atoms with E-state index in [1.807, 2.05) is 20.0 Å². The molecule has 96 valence electrons. The number of hydrogen-bond acceptors (Lipinski definition) is 3. The zero-order valence-electron chi connectivity index (χ0n) is 10.9. The zero-order chi connectivity index (χ0) is 12.7. The second-order valence-corrected chi connectivity index (χ2v) is 4.20. The Balaban J connectivity index is 2.73. The van der Waals surface area contributed by atoms with Crippen molar-refractivity contribution in [2.75, 3.05) is 31.7 Å². The lowest BCUT2D eigenvalue weighted by atomic mass is 10.2. The number of rotatable bonds is 7. The van der Waals surface area contributed by atoms with Gasteiger partial charge < -0.3 is 9.64 Å². The van der Waals surface area contributed by atoms with Crippen LogP contribution in [0.1, 0.15) is 25.1 Å². The van der Waals surface area contributed by atoms with E-state index < -0.39 is 0 Å². The number of halogens is 1. The highest BCUT2D eigenvalue weighted by atomic mass is 35.5. The highest BCUT2D eigenvalue weighted by molar-refractivity contribution is 6.17. The summed E-state index contributed by atoms with van der Waals surface area (Å²) < 4.78 is 5.34. The van der Waals surface area contributed by atoms with Crippen LogP contribution in [-0.2, 0) is 17.0 Å². The number of pyridine rings is 1. The first kappa shape index (κ1) is 14.3. The first-order valence-corrected chi connectivity index (χ1v) is 6.59. The fraction of sp³-hybridized carbons (Fsp3) is 0.615. The van der Waals surface area contributed by atoms with Gasteiger partial charge in [-0.2, -0.15) is 0 Å². The van der Waals surface area contributed by atoms with Crippen molar-refractivity contribution >= 4 is 17.4 Å². The average Bonchev–Trinajstić information content (AvgIpc) is 2.38. The van der Waals surface area contributed by atoms with Crippen LogP contribution in [0, 0.1) is 0 Å². The summed E-state index contributed by atoms with van der Waals surface area (Å²) in [5.74, 6) is 1.50. The van der Waals surface area contributed by atoms with Gasteiger partial charge in [-0.3, -0.25) is 0 Å². The highest BCUT2D eigenvalue weighted by Gasteiger charge is 2.06. The molecule has 4 heteroatoms. The fourth-order valence-corrected chi connectivity index (χ4v) is 1.70. The van der Waals surface area contributed by atoms with Crippen molar-refractivity contribution in [3.05, 3.63) is 23.4 Å². The smallest absolute Gasteiger partial charge is 0.128 e. The quantitative estimate of drug-likeness (QED) is 0.554. The van der Waals surface area contributed by atoms with Crippen LogP contribution in [-0.4, -0.2) is 31.8 Å². The second-order valence-electron chi connectivity index (χ2n) is 3.93. The van der Waals surface area contributed by atoms with Gasteiger partial charge in [-0.1, -0.05) is 6.92 Å². The number of aromatic nitrogens is 1. The molecule has 0 radical (unpaired) electrons. The van der Waals surface area contributed by atoms with Crippen LogP contribution in [0.2, 0.25) is 0 Å². The summed E-state index contributed by atoms with van der Waals surface area (Å²) >= 11 is 5.89. The molecule has 0 saturated heterocycles. The molecular weight excluding hydrogens is 236 g/mol. The fourth-order valence-electron chi connectivity index (χ4n) is 1.55. The molecule has 1 aromatic heterocycles. The van der Waals surface area contributed by atoms with Crippen LogP contribution in [0.15, 0.2) is 12.1 Å². The summed E-state index contributed by atoms with van der Waals surface area (Å²) in [5.41, 5.74) is 2.21. The topological polar surface area (TPSA) is 25.4 Å². The van der Waals surface area contributed by atoms with Crippen molar-refractivity contribution in [2.45, 2.75) is 26.1 Å². The molecule has 0 bridgehead atoms. The maximum atomic E-state index is 5.89. The molecule has 0 atom stereocenters. The van der Waals surface area contributed by atoms with Crippen LogP contribution in [0.4, 0.5) is 5.82 Å². The van der Waals surface area contributed by atoms with Crippen LogP contribution < -0.4 is 4.90 Å². The van der Waals surface area contributed by atoms with Gasteiger partial charge in [0.1, 0.15) is 5.82 Å². The standard InChI is InChI=1S/C13H21ClN2O/c1-4-12-8-11(10-14)9-13(15-12)16(3)6-7-17-5-2/h8-9H,4-7,10H2,1-3H3. The van der Waals surface area contributed by atoms with E-state index in [4.69, 9.17) is 16.3 Å². The minimum absolute atomic E-state index is 0.530. The van der Waals surface area contributed by atoms with Gasteiger partial charge >= 0.3 is 0 Å². The molecule has 1 aromatic rings. The minimum Gasteiger partial charge on any atom is -0.380 e. The van der Waals surface area contributed by atoms with Crippen LogP contribution in [0.5, 0.6) is 0 Å². The van der Waals surface area contributed by atoms with Gasteiger partial charge in [0.25, 0.3) is 0 Å². The third-order valence-corrected chi connectivity index (χ3v) is 2.92. The van der Waals surface area contributed by atoms with Crippen molar-refractivity contribution < 1.29 is 4.74 Å². The Bertz CT molecular complexity index is 322. The van der Waals surface area contributed by atoms with Crippen LogP contribution >= 0.6 is 11.6 Å². The van der Waals surface area contributed by atoms with Crippen LogP contribution in [0.3, 0.4) is 0 Å². The Morgan fingerprint density at radius 1 is 1.35 bits per heavy atom. The van der Waals surface area contributed by atoms with Crippen molar-refractivity contribution in [1.29, 1.82) is 0 Å². The summed E-state index contributed by atoms with van der Waals surface area (Å²) in [7, 11) is 2.03. The largest absolute Gasteiger partial charge is 0.380 e. The van der Waals surface area contributed by atoms with Gasteiger partial charge in [0.2, 0.25) is 0 Å². The van der Waals surface area contributed by atoms with Gasteiger partial charge in [0.15, 0.2) is 0 Å². The number of ether oxygens (including phenoxy) is 1. The summed E-state index contributed by atoms with van der Waals surface area (Å²) in [4.78, 5) is 6.69. The van der Waals surface area contributed by atoms with E-state index in [2.05, 4.69) is 22.9 Å². The molecule has 1 rings (SSSR count). The molecule has 3 nitrogen and oxygen atoms in total. The Morgan fingerprint density at radius 3 is 2.71 bits per heavy atom. The number of alkyl halides is 1. The van der Waals surface area contributed by atoms with E-state index in [0.29, 0.717) is 5.88 Å². The lowest BCUT2D eigenvalue weighted by molar-refractivity contribution is 0.154. The van der Waals surface area contributed by atoms with Crippen molar-refractivity contribution in [1.82, 2.24) is 4.98 Å². The monoisotopic (exact) mass is 256 g/mol. The van der Waals surface area contributed by atoms with E-state index in [1.165, 1.54) is 0 Å². The molecule has 0 fully saturated rings. The maximum absolute atomic E-state index is 5.89. The number of likely N-dealkylation sites (N-methyl/N-ethyl adjacent to an activating group) is 1. The molecule has 0 amide bonds. The Hall–Kier alpha value is -0.800. The molecule has 17 heavy (non-hydrogen) atoms. The third-order valence-electron chi connectivity index (χ3n) is 2.61. The molecular formula is C13H21ClN2O. The highest BCUT2D eigenvalue weighted by Crippen LogP contribution is 2.16. The molecule has 0 unspecified atom stereocenters. The maximum Gasteiger partial charge on any atom is 0.128 e. The predicted octanol–water partition coefficient (Wildman–Crippen LogP) is 2.86. The van der Waals surface area contributed by atoms with E-state index in [-0.39, 0.29) is 0 Å². The van der Waals surface area contributed by atoms with Crippen molar-refractivity contribution in [2.24, 2.45) is 0 Å². The van der Waals surface area contributed by atoms with Gasteiger partial charge in [-0.05, 0) is 31.0 Å². The minimum atomic E-state index is 0.530. The van der Waals surface area contributed by atoms with Crippen LogP contribution in [0.25, 0.3) is 0 Å². The lowest BCUT2D eigenvalue weighted by Crippen LogP contribution is -2.24. The first-order valence-electron chi connectivity index (χ1n) is 6.05. The molecule has 0 saturated carbocycles. The molecule has 0 aliphatic rings. The summed E-state index contributed by atoms with van der Waals surface area (Å²) in [6.45, 7) is 6.42.